The summed E-state index contributed by atoms with van der Waals surface area (Å²) in [5.41, 5.74) is -0.963. The molecule has 0 aliphatic carbocycles. The molecule has 0 aromatic carbocycles. The van der Waals surface area contributed by atoms with Gasteiger partial charge in [0.2, 0.25) is 0 Å². The normalized spacial score (nSPS) is 29.4. The van der Waals surface area contributed by atoms with Crippen LogP contribution in [0.25, 0.3) is 0 Å². The van der Waals surface area contributed by atoms with Crippen molar-refractivity contribution >= 4 is 5.82 Å². The molecule has 3 saturated heterocycles. The van der Waals surface area contributed by atoms with Crippen LogP contribution in [-0.2, 0) is 6.18 Å². The Morgan fingerprint density at radius 2 is 1.90 bits per heavy atom. The van der Waals surface area contributed by atoms with Crippen LogP contribution in [0.15, 0.2) is 12.1 Å². The molecule has 3 fully saturated rings. The molecule has 1 unspecified atom stereocenters. The SMILES string of the molecule is FC(F)(F)c1ccc(NCC2CN3CCN2CC3)nn1. The summed E-state index contributed by atoms with van der Waals surface area (Å²) in [5.74, 6) is 0.385. The molecule has 110 valence electrons. The number of hydrogen-bond acceptors (Lipinski definition) is 5. The van der Waals surface area contributed by atoms with Crippen LogP contribution in [0, 0.1) is 0 Å². The van der Waals surface area contributed by atoms with E-state index in [2.05, 4.69) is 25.3 Å². The van der Waals surface area contributed by atoms with Crippen LogP contribution < -0.4 is 5.32 Å². The summed E-state index contributed by atoms with van der Waals surface area (Å²) in [6.45, 7) is 6.01. The van der Waals surface area contributed by atoms with Crippen molar-refractivity contribution in [1.29, 1.82) is 0 Å². The molecule has 4 heterocycles. The molecule has 1 N–H and O–H groups in total. The minimum absolute atomic E-state index is 0.385. The lowest BCUT2D eigenvalue weighted by Gasteiger charge is -2.47. The van der Waals surface area contributed by atoms with E-state index in [9.17, 15) is 13.2 Å². The van der Waals surface area contributed by atoms with Gasteiger partial charge in [0.25, 0.3) is 0 Å². The summed E-state index contributed by atoms with van der Waals surface area (Å²) in [6.07, 6.45) is -4.44. The molecule has 3 aliphatic rings. The van der Waals surface area contributed by atoms with Crippen LogP contribution in [0.1, 0.15) is 5.69 Å². The molecule has 20 heavy (non-hydrogen) atoms. The van der Waals surface area contributed by atoms with Gasteiger partial charge in [0.15, 0.2) is 5.69 Å². The Kier molecular flexibility index (Phi) is 3.51. The molecule has 4 rings (SSSR count). The Morgan fingerprint density at radius 3 is 2.40 bits per heavy atom. The highest BCUT2D eigenvalue weighted by Crippen LogP contribution is 2.27. The number of hydrogen-bond donors (Lipinski definition) is 1. The third-order valence-corrected chi connectivity index (χ3v) is 3.87. The van der Waals surface area contributed by atoms with E-state index < -0.39 is 11.9 Å². The second kappa shape index (κ2) is 5.17. The number of anilines is 1. The molecule has 1 atom stereocenters. The molecule has 1 aromatic rings. The standard InChI is InChI=1S/C12H16F3N5/c13-12(14,15)10-1-2-11(18-17-10)16-7-9-8-19-3-5-20(9)6-4-19/h1-2,9H,3-8H2,(H,16,18). The summed E-state index contributed by atoms with van der Waals surface area (Å²) in [7, 11) is 0. The van der Waals surface area contributed by atoms with Gasteiger partial charge in [-0.05, 0) is 12.1 Å². The Hall–Kier alpha value is -1.41. The average molecular weight is 287 g/mol. The molecule has 0 spiro atoms. The summed E-state index contributed by atoms with van der Waals surface area (Å²) in [5, 5.41) is 9.85. The number of aromatic nitrogens is 2. The maximum absolute atomic E-state index is 12.4. The van der Waals surface area contributed by atoms with E-state index in [0.717, 1.165) is 38.8 Å². The van der Waals surface area contributed by atoms with Crippen molar-refractivity contribution in [2.24, 2.45) is 0 Å². The summed E-state index contributed by atoms with van der Waals surface area (Å²) >= 11 is 0. The first-order chi connectivity index (χ1) is 9.52. The fraction of sp³-hybridized carbons (Fsp3) is 0.667. The van der Waals surface area contributed by atoms with Crippen molar-refractivity contribution in [3.8, 4) is 0 Å². The number of nitrogens with one attached hydrogen (secondary N) is 1. The van der Waals surface area contributed by atoms with E-state index in [1.54, 1.807) is 0 Å². The highest BCUT2D eigenvalue weighted by atomic mass is 19.4. The summed E-state index contributed by atoms with van der Waals surface area (Å²) in [4.78, 5) is 4.81. The van der Waals surface area contributed by atoms with Gasteiger partial charge >= 0.3 is 6.18 Å². The Bertz CT molecular complexity index is 453. The van der Waals surface area contributed by atoms with Gasteiger partial charge in [-0.2, -0.15) is 13.2 Å². The molecule has 1 aromatic heterocycles. The molecular weight excluding hydrogens is 271 g/mol. The van der Waals surface area contributed by atoms with E-state index in [1.807, 2.05) is 0 Å². The van der Waals surface area contributed by atoms with Crippen LogP contribution in [0.4, 0.5) is 19.0 Å². The molecule has 0 radical (unpaired) electrons. The van der Waals surface area contributed by atoms with Crippen LogP contribution in [0.3, 0.4) is 0 Å². The van der Waals surface area contributed by atoms with Gasteiger partial charge in [-0.15, -0.1) is 10.2 Å². The fourth-order valence-electron chi connectivity index (χ4n) is 2.72. The maximum Gasteiger partial charge on any atom is 0.435 e. The predicted octanol–water partition coefficient (Wildman–Crippen LogP) is 0.907. The zero-order valence-electron chi connectivity index (χ0n) is 10.9. The van der Waals surface area contributed by atoms with Crippen molar-refractivity contribution in [3.63, 3.8) is 0 Å². The molecule has 2 bridgehead atoms. The van der Waals surface area contributed by atoms with Gasteiger partial charge in [0, 0.05) is 45.3 Å². The van der Waals surface area contributed by atoms with E-state index in [4.69, 9.17) is 0 Å². The first kappa shape index (κ1) is 13.6. The second-order valence-electron chi connectivity index (χ2n) is 5.17. The van der Waals surface area contributed by atoms with Gasteiger partial charge < -0.3 is 5.32 Å². The van der Waals surface area contributed by atoms with E-state index in [-0.39, 0.29) is 0 Å². The van der Waals surface area contributed by atoms with Crippen LogP contribution in [0.5, 0.6) is 0 Å². The van der Waals surface area contributed by atoms with Crippen LogP contribution in [-0.4, -0.2) is 65.3 Å². The Labute approximate surface area is 114 Å². The number of fused-ring (bicyclic) bond motifs is 3. The smallest absolute Gasteiger partial charge is 0.367 e. The lowest BCUT2D eigenvalue weighted by atomic mass is 10.1. The fourth-order valence-corrected chi connectivity index (χ4v) is 2.72. The largest absolute Gasteiger partial charge is 0.435 e. The molecule has 0 amide bonds. The Balaban J connectivity index is 1.56. The van der Waals surface area contributed by atoms with Crippen LogP contribution in [0.2, 0.25) is 0 Å². The highest BCUT2D eigenvalue weighted by molar-refractivity contribution is 5.33. The second-order valence-corrected chi connectivity index (χ2v) is 5.17. The lowest BCUT2D eigenvalue weighted by Crippen LogP contribution is -2.62. The van der Waals surface area contributed by atoms with Crippen molar-refractivity contribution in [1.82, 2.24) is 20.0 Å². The van der Waals surface area contributed by atoms with Crippen molar-refractivity contribution in [2.75, 3.05) is 44.6 Å². The van der Waals surface area contributed by atoms with E-state index in [0.29, 0.717) is 18.4 Å². The quantitative estimate of drug-likeness (QED) is 0.895. The number of piperazine rings is 3. The average Bonchev–Trinajstić information content (AvgIpc) is 2.46. The van der Waals surface area contributed by atoms with Crippen molar-refractivity contribution in [2.45, 2.75) is 12.2 Å². The zero-order valence-corrected chi connectivity index (χ0v) is 10.9. The minimum atomic E-state index is -4.44. The third-order valence-electron chi connectivity index (χ3n) is 3.87. The van der Waals surface area contributed by atoms with E-state index in [1.165, 1.54) is 6.07 Å². The molecular formula is C12H16F3N5. The summed E-state index contributed by atoms with van der Waals surface area (Å²) in [6, 6.07) is 2.67. The summed E-state index contributed by atoms with van der Waals surface area (Å²) < 4.78 is 37.1. The van der Waals surface area contributed by atoms with Gasteiger partial charge in [-0.1, -0.05) is 0 Å². The number of rotatable bonds is 3. The van der Waals surface area contributed by atoms with Gasteiger partial charge in [0.05, 0.1) is 0 Å². The molecule has 0 saturated carbocycles. The third kappa shape index (κ3) is 2.85. The molecule has 3 aliphatic heterocycles. The zero-order chi connectivity index (χ0) is 14.2. The van der Waals surface area contributed by atoms with Gasteiger partial charge in [0.1, 0.15) is 5.82 Å². The highest BCUT2D eigenvalue weighted by Gasteiger charge is 2.33. The first-order valence-electron chi connectivity index (χ1n) is 6.63. The maximum atomic E-state index is 12.4. The molecule has 5 nitrogen and oxygen atoms in total. The van der Waals surface area contributed by atoms with Gasteiger partial charge in [-0.3, -0.25) is 9.80 Å². The van der Waals surface area contributed by atoms with Crippen molar-refractivity contribution < 1.29 is 13.2 Å². The minimum Gasteiger partial charge on any atom is -0.367 e. The number of alkyl halides is 3. The Morgan fingerprint density at radius 1 is 1.15 bits per heavy atom. The predicted molar refractivity (Wildman–Crippen MR) is 67.3 cm³/mol. The topological polar surface area (TPSA) is 44.3 Å². The van der Waals surface area contributed by atoms with E-state index >= 15 is 0 Å². The lowest BCUT2D eigenvalue weighted by molar-refractivity contribution is -0.141. The number of nitrogens with zero attached hydrogens (tertiary/aromatic N) is 4. The number of halogens is 3. The monoisotopic (exact) mass is 287 g/mol. The molecule has 8 heteroatoms. The van der Waals surface area contributed by atoms with Crippen molar-refractivity contribution in [3.05, 3.63) is 17.8 Å². The van der Waals surface area contributed by atoms with Gasteiger partial charge in [-0.25, -0.2) is 0 Å². The van der Waals surface area contributed by atoms with Crippen LogP contribution >= 0.6 is 0 Å². The first-order valence-corrected chi connectivity index (χ1v) is 6.63.